The summed E-state index contributed by atoms with van der Waals surface area (Å²) in [7, 11) is 1.96. The molecule has 0 saturated carbocycles. The Morgan fingerprint density at radius 3 is 3.09 bits per heavy atom. The van der Waals surface area contributed by atoms with Crippen molar-refractivity contribution < 1.29 is 9.13 Å². The van der Waals surface area contributed by atoms with E-state index in [1.807, 2.05) is 24.3 Å². The van der Waals surface area contributed by atoms with E-state index in [0.29, 0.717) is 24.0 Å². The first kappa shape index (κ1) is 16.2. The molecule has 3 rings (SSSR count). The van der Waals surface area contributed by atoms with Gasteiger partial charge in [-0.1, -0.05) is 11.2 Å². The van der Waals surface area contributed by atoms with Gasteiger partial charge in [0.1, 0.15) is 5.82 Å². The summed E-state index contributed by atoms with van der Waals surface area (Å²) in [5, 5.41) is 11.9. The Labute approximate surface area is 139 Å². The number of aromatic nitrogens is 4. The van der Waals surface area contributed by atoms with E-state index in [9.17, 15) is 4.39 Å². The van der Waals surface area contributed by atoms with Gasteiger partial charge in [0.25, 0.3) is 0 Å². The molecule has 1 fully saturated rings. The molecule has 0 bridgehead atoms. The molecule has 8 heteroatoms. The molecule has 1 unspecified atom stereocenters. The van der Waals surface area contributed by atoms with Gasteiger partial charge in [-0.25, -0.2) is 9.07 Å². The number of rotatable bonds is 6. The zero-order valence-corrected chi connectivity index (χ0v) is 14.1. The predicted octanol–water partition coefficient (Wildman–Crippen LogP) is 2.06. The molecule has 124 valence electrons. The molecule has 0 aliphatic carbocycles. The van der Waals surface area contributed by atoms with Crippen LogP contribution in [0.1, 0.15) is 12.0 Å². The van der Waals surface area contributed by atoms with Crippen molar-refractivity contribution in [1.82, 2.24) is 20.2 Å². The maximum absolute atomic E-state index is 14.2. The van der Waals surface area contributed by atoms with Gasteiger partial charge in [0.15, 0.2) is 0 Å². The number of benzene rings is 1. The molecule has 1 saturated heterocycles. The number of tetrazole rings is 1. The van der Waals surface area contributed by atoms with Crippen molar-refractivity contribution in [2.24, 2.45) is 5.92 Å². The lowest BCUT2D eigenvalue weighted by Gasteiger charge is -2.21. The van der Waals surface area contributed by atoms with Crippen molar-refractivity contribution in [3.8, 4) is 0 Å². The SMILES string of the molecule is CSc1cccc(F)c1Cn1nnnc1N(C)CC1CCOC1. The van der Waals surface area contributed by atoms with E-state index in [4.69, 9.17) is 4.74 Å². The fraction of sp³-hybridized carbons (Fsp3) is 0.533. The number of hydrogen-bond donors (Lipinski definition) is 0. The summed E-state index contributed by atoms with van der Waals surface area (Å²) in [6.07, 6.45) is 2.99. The van der Waals surface area contributed by atoms with Crippen molar-refractivity contribution in [1.29, 1.82) is 0 Å². The lowest BCUT2D eigenvalue weighted by Crippen LogP contribution is -2.28. The van der Waals surface area contributed by atoms with E-state index in [-0.39, 0.29) is 5.82 Å². The molecule has 1 aromatic heterocycles. The van der Waals surface area contributed by atoms with E-state index in [2.05, 4.69) is 15.5 Å². The van der Waals surface area contributed by atoms with E-state index < -0.39 is 0 Å². The minimum Gasteiger partial charge on any atom is -0.381 e. The van der Waals surface area contributed by atoms with Crippen LogP contribution < -0.4 is 4.90 Å². The second-order valence-electron chi connectivity index (χ2n) is 5.67. The molecule has 1 aliphatic heterocycles. The second-order valence-corrected chi connectivity index (χ2v) is 6.52. The molecule has 0 N–H and O–H groups in total. The highest BCUT2D eigenvalue weighted by Crippen LogP contribution is 2.25. The Kier molecular flexibility index (Phi) is 5.12. The van der Waals surface area contributed by atoms with Crippen LogP contribution >= 0.6 is 11.8 Å². The third-order valence-electron chi connectivity index (χ3n) is 4.01. The third-order valence-corrected chi connectivity index (χ3v) is 4.84. The largest absolute Gasteiger partial charge is 0.381 e. The van der Waals surface area contributed by atoms with E-state index in [1.165, 1.54) is 17.8 Å². The maximum atomic E-state index is 14.2. The number of thioether (sulfide) groups is 1. The zero-order chi connectivity index (χ0) is 16.2. The van der Waals surface area contributed by atoms with Crippen molar-refractivity contribution in [3.63, 3.8) is 0 Å². The summed E-state index contributed by atoms with van der Waals surface area (Å²) >= 11 is 1.52. The highest BCUT2D eigenvalue weighted by molar-refractivity contribution is 7.98. The van der Waals surface area contributed by atoms with Crippen molar-refractivity contribution in [2.45, 2.75) is 17.9 Å². The molecule has 0 amide bonds. The maximum Gasteiger partial charge on any atom is 0.245 e. The Hall–Kier alpha value is -1.67. The van der Waals surface area contributed by atoms with E-state index >= 15 is 0 Å². The highest BCUT2D eigenvalue weighted by atomic mass is 32.2. The van der Waals surface area contributed by atoms with Crippen LogP contribution in [0.25, 0.3) is 0 Å². The molecule has 1 aromatic carbocycles. The molecule has 2 heterocycles. The Morgan fingerprint density at radius 1 is 1.48 bits per heavy atom. The van der Waals surface area contributed by atoms with Crippen LogP contribution in [0.2, 0.25) is 0 Å². The summed E-state index contributed by atoms with van der Waals surface area (Å²) in [4.78, 5) is 2.91. The first-order valence-electron chi connectivity index (χ1n) is 7.55. The van der Waals surface area contributed by atoms with Gasteiger partial charge >= 0.3 is 0 Å². The Morgan fingerprint density at radius 2 is 2.35 bits per heavy atom. The monoisotopic (exact) mass is 337 g/mol. The smallest absolute Gasteiger partial charge is 0.245 e. The minimum atomic E-state index is -0.231. The molecular weight excluding hydrogens is 317 g/mol. The number of anilines is 1. The number of hydrogen-bond acceptors (Lipinski definition) is 6. The molecule has 2 aromatic rings. The van der Waals surface area contributed by atoms with Gasteiger partial charge in [0.2, 0.25) is 5.95 Å². The van der Waals surface area contributed by atoms with Gasteiger partial charge in [0.05, 0.1) is 13.2 Å². The molecule has 6 nitrogen and oxygen atoms in total. The van der Waals surface area contributed by atoms with Crippen LogP contribution in [0.4, 0.5) is 10.3 Å². The van der Waals surface area contributed by atoms with Crippen LogP contribution in [-0.4, -0.2) is 53.3 Å². The molecule has 1 atom stereocenters. The zero-order valence-electron chi connectivity index (χ0n) is 13.3. The molecular formula is C15H20FN5OS. The summed E-state index contributed by atoms with van der Waals surface area (Å²) < 4.78 is 21.2. The van der Waals surface area contributed by atoms with Crippen molar-refractivity contribution in [3.05, 3.63) is 29.6 Å². The van der Waals surface area contributed by atoms with Gasteiger partial charge in [-0.3, -0.25) is 0 Å². The van der Waals surface area contributed by atoms with Crippen molar-refractivity contribution in [2.75, 3.05) is 38.0 Å². The Balaban J connectivity index is 1.78. The summed E-state index contributed by atoms with van der Waals surface area (Å²) in [6.45, 7) is 2.73. The molecule has 1 aliphatic rings. The topological polar surface area (TPSA) is 56.1 Å². The quantitative estimate of drug-likeness (QED) is 0.752. The highest BCUT2D eigenvalue weighted by Gasteiger charge is 2.21. The number of nitrogens with zero attached hydrogens (tertiary/aromatic N) is 5. The standard InChI is InChI=1S/C15H20FN5OS/c1-20(8-11-6-7-22-10-11)15-17-18-19-21(15)9-12-13(16)4-3-5-14(12)23-2/h3-5,11H,6-10H2,1-2H3. The van der Waals surface area contributed by atoms with Gasteiger partial charge in [-0.05, 0) is 35.2 Å². The first-order chi connectivity index (χ1) is 11.2. The predicted molar refractivity (Wildman–Crippen MR) is 87.3 cm³/mol. The lowest BCUT2D eigenvalue weighted by atomic mass is 10.1. The molecule has 0 spiro atoms. The fourth-order valence-electron chi connectivity index (χ4n) is 2.81. The Bertz CT molecular complexity index is 659. The molecule has 0 radical (unpaired) electrons. The summed E-state index contributed by atoms with van der Waals surface area (Å²) in [5.41, 5.74) is 0.617. The van der Waals surface area contributed by atoms with Crippen LogP contribution in [0.3, 0.4) is 0 Å². The third kappa shape index (κ3) is 3.64. The lowest BCUT2D eigenvalue weighted by molar-refractivity contribution is 0.186. The van der Waals surface area contributed by atoms with Crippen LogP contribution in [0.5, 0.6) is 0 Å². The fourth-order valence-corrected chi connectivity index (χ4v) is 3.43. The second kappa shape index (κ2) is 7.27. The van der Waals surface area contributed by atoms with Gasteiger partial charge in [-0.15, -0.1) is 11.8 Å². The number of halogens is 1. The van der Waals surface area contributed by atoms with E-state index in [0.717, 1.165) is 31.1 Å². The van der Waals surface area contributed by atoms with Crippen LogP contribution in [-0.2, 0) is 11.3 Å². The summed E-state index contributed by atoms with van der Waals surface area (Å²) in [6, 6.07) is 5.10. The average Bonchev–Trinajstić information content (AvgIpc) is 3.20. The van der Waals surface area contributed by atoms with Crippen molar-refractivity contribution >= 4 is 17.7 Å². The average molecular weight is 337 g/mol. The van der Waals surface area contributed by atoms with Gasteiger partial charge in [-0.2, -0.15) is 0 Å². The summed E-state index contributed by atoms with van der Waals surface area (Å²) in [5.74, 6) is 0.901. The van der Waals surface area contributed by atoms with Crippen LogP contribution in [0.15, 0.2) is 23.1 Å². The van der Waals surface area contributed by atoms with Gasteiger partial charge in [0, 0.05) is 36.6 Å². The minimum absolute atomic E-state index is 0.231. The normalized spacial score (nSPS) is 17.6. The van der Waals surface area contributed by atoms with Crippen LogP contribution in [0, 0.1) is 11.7 Å². The number of ether oxygens (including phenoxy) is 1. The van der Waals surface area contributed by atoms with E-state index in [1.54, 1.807) is 10.7 Å². The van der Waals surface area contributed by atoms with Gasteiger partial charge < -0.3 is 9.64 Å². The first-order valence-corrected chi connectivity index (χ1v) is 8.78. The molecule has 23 heavy (non-hydrogen) atoms.